The van der Waals surface area contributed by atoms with Crippen LogP contribution in [0.2, 0.25) is 0 Å². The number of nitrogens with one attached hydrogen (secondary N) is 1. The van der Waals surface area contributed by atoms with Gasteiger partial charge in [0.2, 0.25) is 5.91 Å². The van der Waals surface area contributed by atoms with Crippen molar-refractivity contribution in [3.63, 3.8) is 0 Å². The van der Waals surface area contributed by atoms with Crippen LogP contribution in [0, 0.1) is 5.92 Å². The van der Waals surface area contributed by atoms with Crippen molar-refractivity contribution >= 4 is 33.8 Å². The Labute approximate surface area is 170 Å². The average Bonchev–Trinajstić information content (AvgIpc) is 3.25. The topological polar surface area (TPSA) is 45.2 Å². The number of amides is 1. The maximum Gasteiger partial charge on any atom is 0.227 e. The number of carbonyl (C=O) groups is 1. The lowest BCUT2D eigenvalue weighted by molar-refractivity contribution is -0.120. The molecule has 1 saturated carbocycles. The molecule has 5 heteroatoms. The molecule has 28 heavy (non-hydrogen) atoms. The number of para-hydroxylation sites is 1. The van der Waals surface area contributed by atoms with Gasteiger partial charge in [-0.05, 0) is 37.1 Å². The Hall–Kier alpha value is -2.66. The molecule has 1 heterocycles. The van der Waals surface area contributed by atoms with Crippen LogP contribution in [0.3, 0.4) is 0 Å². The van der Waals surface area contributed by atoms with Crippen LogP contribution in [0.4, 0.5) is 16.5 Å². The van der Waals surface area contributed by atoms with Crippen molar-refractivity contribution in [1.82, 2.24) is 4.98 Å². The van der Waals surface area contributed by atoms with Gasteiger partial charge in [-0.1, -0.05) is 49.6 Å². The van der Waals surface area contributed by atoms with E-state index in [1.54, 1.807) is 11.3 Å². The van der Waals surface area contributed by atoms with Gasteiger partial charge < -0.3 is 10.2 Å². The predicted octanol–water partition coefficient (Wildman–Crippen LogP) is 6.10. The molecule has 0 atom stereocenters. The van der Waals surface area contributed by atoms with Gasteiger partial charge in [0.25, 0.3) is 0 Å². The molecular formula is C23H25N3OS. The van der Waals surface area contributed by atoms with Gasteiger partial charge in [-0.15, -0.1) is 11.3 Å². The predicted molar refractivity (Wildman–Crippen MR) is 117 cm³/mol. The van der Waals surface area contributed by atoms with E-state index in [9.17, 15) is 4.79 Å². The SMILES string of the molecule is CN(c1ccccc1)c1nc(-c2ccc(NC(=O)C3CCCCC3)cc2)cs1. The van der Waals surface area contributed by atoms with Crippen LogP contribution in [0.15, 0.2) is 60.0 Å². The Balaban J connectivity index is 1.43. The van der Waals surface area contributed by atoms with Gasteiger partial charge in [0.1, 0.15) is 0 Å². The van der Waals surface area contributed by atoms with Gasteiger partial charge in [-0.2, -0.15) is 0 Å². The van der Waals surface area contributed by atoms with Crippen molar-refractivity contribution in [2.24, 2.45) is 5.92 Å². The summed E-state index contributed by atoms with van der Waals surface area (Å²) in [4.78, 5) is 19.3. The van der Waals surface area contributed by atoms with Crippen LogP contribution in [0.1, 0.15) is 32.1 Å². The third-order valence-electron chi connectivity index (χ3n) is 5.35. The molecule has 0 aliphatic heterocycles. The number of anilines is 3. The molecule has 1 N–H and O–H groups in total. The number of thiazole rings is 1. The summed E-state index contributed by atoms with van der Waals surface area (Å²) in [5.74, 6) is 0.330. The fourth-order valence-electron chi connectivity index (χ4n) is 3.65. The number of rotatable bonds is 5. The first-order valence-electron chi connectivity index (χ1n) is 9.86. The molecule has 1 fully saturated rings. The summed E-state index contributed by atoms with van der Waals surface area (Å²) in [6.07, 6.45) is 5.62. The fourth-order valence-corrected chi connectivity index (χ4v) is 4.47. The molecule has 0 radical (unpaired) electrons. The highest BCUT2D eigenvalue weighted by Gasteiger charge is 2.21. The Morgan fingerprint density at radius 1 is 1.04 bits per heavy atom. The number of benzene rings is 2. The molecule has 0 saturated heterocycles. The summed E-state index contributed by atoms with van der Waals surface area (Å²) >= 11 is 1.63. The quantitative estimate of drug-likeness (QED) is 0.572. The van der Waals surface area contributed by atoms with Crippen molar-refractivity contribution in [2.45, 2.75) is 32.1 Å². The standard InChI is InChI=1S/C23H25N3OS/c1-26(20-10-6-3-7-11-20)23-25-21(16-28-23)17-12-14-19(15-13-17)24-22(27)18-8-4-2-5-9-18/h3,6-7,10-16,18H,2,4-5,8-9H2,1H3,(H,24,27). The molecule has 1 aliphatic rings. The van der Waals surface area contributed by atoms with Crippen LogP contribution < -0.4 is 10.2 Å². The lowest BCUT2D eigenvalue weighted by atomic mass is 9.88. The Morgan fingerprint density at radius 2 is 1.75 bits per heavy atom. The second-order valence-corrected chi connectivity index (χ2v) is 8.15. The molecule has 4 nitrogen and oxygen atoms in total. The summed E-state index contributed by atoms with van der Waals surface area (Å²) in [7, 11) is 2.03. The summed E-state index contributed by atoms with van der Waals surface area (Å²) in [6, 6.07) is 18.2. The molecule has 1 aromatic heterocycles. The number of hydrogen-bond donors (Lipinski definition) is 1. The Morgan fingerprint density at radius 3 is 2.46 bits per heavy atom. The Kier molecular flexibility index (Phi) is 5.72. The second-order valence-electron chi connectivity index (χ2n) is 7.31. The van der Waals surface area contributed by atoms with E-state index in [0.29, 0.717) is 0 Å². The fraction of sp³-hybridized carbons (Fsp3) is 0.304. The number of carbonyl (C=O) groups excluding carboxylic acids is 1. The number of aromatic nitrogens is 1. The van der Waals surface area contributed by atoms with Crippen LogP contribution >= 0.6 is 11.3 Å². The first-order chi connectivity index (χ1) is 13.7. The summed E-state index contributed by atoms with van der Waals surface area (Å²) in [5.41, 5.74) is 3.98. The summed E-state index contributed by atoms with van der Waals surface area (Å²) in [5, 5.41) is 6.10. The third-order valence-corrected chi connectivity index (χ3v) is 6.26. The smallest absolute Gasteiger partial charge is 0.227 e. The van der Waals surface area contributed by atoms with E-state index in [-0.39, 0.29) is 11.8 Å². The number of hydrogen-bond acceptors (Lipinski definition) is 4. The van der Waals surface area contributed by atoms with E-state index >= 15 is 0 Å². The minimum atomic E-state index is 0.160. The highest BCUT2D eigenvalue weighted by atomic mass is 32.1. The van der Waals surface area contributed by atoms with Crippen molar-refractivity contribution in [3.8, 4) is 11.3 Å². The zero-order valence-electron chi connectivity index (χ0n) is 16.1. The van der Waals surface area contributed by atoms with Crippen LogP contribution in [0.5, 0.6) is 0 Å². The first-order valence-corrected chi connectivity index (χ1v) is 10.7. The molecular weight excluding hydrogens is 366 g/mol. The minimum absolute atomic E-state index is 0.160. The Bertz CT molecular complexity index is 915. The van der Waals surface area contributed by atoms with Gasteiger partial charge in [0, 0.05) is 35.3 Å². The molecule has 0 unspecified atom stereocenters. The van der Waals surface area contributed by atoms with Crippen molar-refractivity contribution in [3.05, 3.63) is 60.0 Å². The molecule has 2 aromatic carbocycles. The lowest BCUT2D eigenvalue weighted by Crippen LogP contribution is -2.24. The van der Waals surface area contributed by atoms with Gasteiger partial charge in [0.15, 0.2) is 5.13 Å². The first kappa shape index (κ1) is 18.7. The normalized spacial score (nSPS) is 14.6. The highest BCUT2D eigenvalue weighted by molar-refractivity contribution is 7.14. The van der Waals surface area contributed by atoms with E-state index in [0.717, 1.165) is 40.6 Å². The van der Waals surface area contributed by atoms with E-state index in [1.807, 2.05) is 49.5 Å². The summed E-state index contributed by atoms with van der Waals surface area (Å²) < 4.78 is 0. The van der Waals surface area contributed by atoms with Crippen LogP contribution in [-0.4, -0.2) is 17.9 Å². The second kappa shape index (κ2) is 8.57. The summed E-state index contributed by atoms with van der Waals surface area (Å²) in [6.45, 7) is 0. The van der Waals surface area contributed by atoms with Crippen molar-refractivity contribution in [1.29, 1.82) is 0 Å². The van der Waals surface area contributed by atoms with Crippen LogP contribution in [0.25, 0.3) is 11.3 Å². The lowest BCUT2D eigenvalue weighted by Gasteiger charge is -2.20. The molecule has 1 amide bonds. The van der Waals surface area contributed by atoms with E-state index in [1.165, 1.54) is 19.3 Å². The third kappa shape index (κ3) is 4.25. The largest absolute Gasteiger partial charge is 0.326 e. The van der Waals surface area contributed by atoms with Gasteiger partial charge in [-0.3, -0.25) is 4.79 Å². The van der Waals surface area contributed by atoms with Gasteiger partial charge in [0.05, 0.1) is 5.69 Å². The van der Waals surface area contributed by atoms with Gasteiger partial charge in [-0.25, -0.2) is 4.98 Å². The highest BCUT2D eigenvalue weighted by Crippen LogP contribution is 2.31. The molecule has 0 spiro atoms. The molecule has 4 rings (SSSR count). The van der Waals surface area contributed by atoms with E-state index in [4.69, 9.17) is 4.98 Å². The van der Waals surface area contributed by atoms with Crippen molar-refractivity contribution in [2.75, 3.05) is 17.3 Å². The molecule has 3 aromatic rings. The average molecular weight is 392 g/mol. The monoisotopic (exact) mass is 391 g/mol. The maximum absolute atomic E-state index is 12.4. The minimum Gasteiger partial charge on any atom is -0.326 e. The van der Waals surface area contributed by atoms with E-state index in [2.05, 4.69) is 27.7 Å². The van der Waals surface area contributed by atoms with Crippen LogP contribution in [-0.2, 0) is 4.79 Å². The molecule has 144 valence electrons. The molecule has 0 bridgehead atoms. The zero-order valence-corrected chi connectivity index (χ0v) is 16.9. The van der Waals surface area contributed by atoms with Gasteiger partial charge >= 0.3 is 0 Å². The zero-order chi connectivity index (χ0) is 19.3. The van der Waals surface area contributed by atoms with E-state index < -0.39 is 0 Å². The number of nitrogens with zero attached hydrogens (tertiary/aromatic N) is 2. The van der Waals surface area contributed by atoms with Crippen molar-refractivity contribution < 1.29 is 4.79 Å². The molecule has 1 aliphatic carbocycles. The maximum atomic E-state index is 12.4.